The predicted octanol–water partition coefficient (Wildman–Crippen LogP) is 3.65. The number of carboxylic acids is 1. The lowest BCUT2D eigenvalue weighted by Crippen LogP contribution is -2.21. The molecule has 3 aromatic rings. The van der Waals surface area contributed by atoms with Crippen LogP contribution in [0.15, 0.2) is 42.6 Å². The first-order chi connectivity index (χ1) is 13.5. The molecule has 6 nitrogen and oxygen atoms in total. The summed E-state index contributed by atoms with van der Waals surface area (Å²) < 4.78 is 7.37. The average Bonchev–Trinajstić information content (AvgIpc) is 3.20. The zero-order valence-corrected chi connectivity index (χ0v) is 15.9. The number of carbonyl (C=O) groups is 2. The largest absolute Gasteiger partial charge is 0.490 e. The Kier molecular flexibility index (Phi) is 4.63. The lowest BCUT2D eigenvalue weighted by molar-refractivity contribution is -0.142. The molecule has 144 valence electrons. The SMILES string of the molecule is CCOc1cccn2c(C(=O)C[C@@H]3c4ccccc4C[C@H]3C(=O)O)c(C)nc12. The van der Waals surface area contributed by atoms with Gasteiger partial charge in [-0.15, -0.1) is 0 Å². The highest BCUT2D eigenvalue weighted by atomic mass is 16.5. The van der Waals surface area contributed by atoms with Gasteiger partial charge in [0.15, 0.2) is 17.2 Å². The van der Waals surface area contributed by atoms with Crippen LogP contribution in [-0.2, 0) is 11.2 Å². The van der Waals surface area contributed by atoms with Gasteiger partial charge in [0, 0.05) is 18.5 Å². The van der Waals surface area contributed by atoms with E-state index in [-0.39, 0.29) is 18.1 Å². The highest BCUT2D eigenvalue weighted by molar-refractivity contribution is 5.97. The molecule has 28 heavy (non-hydrogen) atoms. The van der Waals surface area contributed by atoms with E-state index in [2.05, 4.69) is 4.98 Å². The number of aromatic nitrogens is 2. The molecule has 0 saturated carbocycles. The summed E-state index contributed by atoms with van der Waals surface area (Å²) in [4.78, 5) is 29.6. The summed E-state index contributed by atoms with van der Waals surface area (Å²) in [6, 6.07) is 11.3. The molecule has 0 bridgehead atoms. The Morgan fingerprint density at radius 1 is 1.25 bits per heavy atom. The molecule has 0 aliphatic heterocycles. The second kappa shape index (κ2) is 7.11. The summed E-state index contributed by atoms with van der Waals surface area (Å²) in [7, 11) is 0. The summed E-state index contributed by atoms with van der Waals surface area (Å²) in [5.41, 5.74) is 3.69. The van der Waals surface area contributed by atoms with Crippen molar-refractivity contribution in [3.05, 3.63) is 65.1 Å². The van der Waals surface area contributed by atoms with Crippen molar-refractivity contribution in [2.45, 2.75) is 32.6 Å². The number of ketones is 1. The van der Waals surface area contributed by atoms with Gasteiger partial charge in [-0.05, 0) is 43.5 Å². The van der Waals surface area contributed by atoms with Crippen LogP contribution in [0.25, 0.3) is 5.65 Å². The Labute approximate surface area is 162 Å². The van der Waals surface area contributed by atoms with E-state index in [1.807, 2.05) is 43.3 Å². The molecule has 4 rings (SSSR count). The monoisotopic (exact) mass is 378 g/mol. The zero-order valence-electron chi connectivity index (χ0n) is 15.9. The minimum atomic E-state index is -0.859. The smallest absolute Gasteiger partial charge is 0.307 e. The van der Waals surface area contributed by atoms with Crippen molar-refractivity contribution in [3.8, 4) is 5.75 Å². The molecule has 0 amide bonds. The lowest BCUT2D eigenvalue weighted by Gasteiger charge is -2.16. The molecule has 0 unspecified atom stereocenters. The summed E-state index contributed by atoms with van der Waals surface area (Å²) in [5.74, 6) is -1.25. The van der Waals surface area contributed by atoms with Gasteiger partial charge in [-0.1, -0.05) is 24.3 Å². The van der Waals surface area contributed by atoms with Crippen molar-refractivity contribution >= 4 is 17.4 Å². The molecule has 0 radical (unpaired) electrons. The van der Waals surface area contributed by atoms with Crippen LogP contribution >= 0.6 is 0 Å². The third-order valence-electron chi connectivity index (χ3n) is 5.46. The van der Waals surface area contributed by atoms with E-state index in [1.54, 1.807) is 17.5 Å². The molecule has 2 aromatic heterocycles. The van der Waals surface area contributed by atoms with Gasteiger partial charge in [-0.25, -0.2) is 4.98 Å². The number of carboxylic acid groups (broad SMARTS) is 1. The Morgan fingerprint density at radius 2 is 2.04 bits per heavy atom. The number of aryl methyl sites for hydroxylation is 1. The highest BCUT2D eigenvalue weighted by Crippen LogP contribution is 2.41. The van der Waals surface area contributed by atoms with Crippen LogP contribution < -0.4 is 4.74 Å². The van der Waals surface area contributed by atoms with Crippen LogP contribution in [0.3, 0.4) is 0 Å². The number of pyridine rings is 1. The van der Waals surface area contributed by atoms with Gasteiger partial charge in [0.05, 0.1) is 18.2 Å². The van der Waals surface area contributed by atoms with Gasteiger partial charge in [0.25, 0.3) is 0 Å². The van der Waals surface area contributed by atoms with Gasteiger partial charge in [0.2, 0.25) is 0 Å². The molecular weight excluding hydrogens is 356 g/mol. The molecular formula is C22H22N2O4. The average molecular weight is 378 g/mol. The number of rotatable bonds is 6. The maximum Gasteiger partial charge on any atom is 0.307 e. The van der Waals surface area contributed by atoms with Crippen LogP contribution in [0, 0.1) is 12.8 Å². The van der Waals surface area contributed by atoms with Gasteiger partial charge in [-0.3, -0.25) is 14.0 Å². The van der Waals surface area contributed by atoms with Crippen molar-refractivity contribution < 1.29 is 19.4 Å². The summed E-state index contributed by atoms with van der Waals surface area (Å²) in [5, 5.41) is 9.68. The van der Waals surface area contributed by atoms with E-state index in [1.165, 1.54) is 0 Å². The molecule has 1 aromatic carbocycles. The molecule has 6 heteroatoms. The van der Waals surface area contributed by atoms with E-state index >= 15 is 0 Å². The standard InChI is InChI=1S/C22H22N2O4/c1-3-28-19-9-6-10-24-20(13(2)23-21(19)24)18(25)12-16-15-8-5-4-7-14(15)11-17(16)22(26)27/h4-10,16-17H,3,11-12H2,1-2H3,(H,26,27)/t16-,17-/m1/s1. The minimum absolute atomic E-state index is 0.105. The van der Waals surface area contributed by atoms with Crippen molar-refractivity contribution in [1.29, 1.82) is 0 Å². The van der Waals surface area contributed by atoms with Crippen LogP contribution in [0.1, 0.15) is 46.6 Å². The van der Waals surface area contributed by atoms with Crippen LogP contribution in [-0.4, -0.2) is 32.9 Å². The van der Waals surface area contributed by atoms with E-state index in [0.717, 1.165) is 11.1 Å². The van der Waals surface area contributed by atoms with E-state index in [4.69, 9.17) is 4.74 Å². The molecule has 0 fully saturated rings. The number of hydrogen-bond acceptors (Lipinski definition) is 4. The lowest BCUT2D eigenvalue weighted by atomic mass is 9.87. The fraction of sp³-hybridized carbons (Fsp3) is 0.318. The van der Waals surface area contributed by atoms with Gasteiger partial charge >= 0.3 is 5.97 Å². The maximum absolute atomic E-state index is 13.2. The number of aliphatic carboxylic acids is 1. The predicted molar refractivity (Wildman–Crippen MR) is 104 cm³/mol. The summed E-state index contributed by atoms with van der Waals surface area (Å²) >= 11 is 0. The van der Waals surface area contributed by atoms with E-state index in [0.29, 0.717) is 35.8 Å². The molecule has 1 aliphatic rings. The fourth-order valence-electron chi connectivity index (χ4n) is 4.25. The van der Waals surface area contributed by atoms with Crippen LogP contribution in [0.5, 0.6) is 5.75 Å². The summed E-state index contributed by atoms with van der Waals surface area (Å²) in [6.07, 6.45) is 2.40. The van der Waals surface area contributed by atoms with Crippen molar-refractivity contribution in [2.24, 2.45) is 5.92 Å². The minimum Gasteiger partial charge on any atom is -0.490 e. The van der Waals surface area contributed by atoms with E-state index in [9.17, 15) is 14.7 Å². The molecule has 1 N–H and O–H groups in total. The first-order valence-corrected chi connectivity index (χ1v) is 9.45. The van der Waals surface area contributed by atoms with Crippen molar-refractivity contribution in [1.82, 2.24) is 9.38 Å². The number of nitrogens with zero attached hydrogens (tertiary/aromatic N) is 2. The number of hydrogen-bond donors (Lipinski definition) is 1. The molecule has 0 saturated heterocycles. The third-order valence-corrected chi connectivity index (χ3v) is 5.46. The molecule has 0 spiro atoms. The number of fused-ring (bicyclic) bond motifs is 2. The quantitative estimate of drug-likeness (QED) is 0.662. The van der Waals surface area contributed by atoms with Crippen molar-refractivity contribution in [3.63, 3.8) is 0 Å². The first kappa shape index (κ1) is 18.2. The topological polar surface area (TPSA) is 80.9 Å². The number of carbonyl (C=O) groups excluding carboxylic acids is 1. The third kappa shape index (κ3) is 2.95. The number of imidazole rings is 1. The first-order valence-electron chi connectivity index (χ1n) is 9.45. The molecule has 2 heterocycles. The Bertz CT molecular complexity index is 1070. The van der Waals surface area contributed by atoms with Gasteiger partial charge < -0.3 is 9.84 Å². The fourth-order valence-corrected chi connectivity index (χ4v) is 4.25. The van der Waals surface area contributed by atoms with Crippen molar-refractivity contribution in [2.75, 3.05) is 6.61 Å². The maximum atomic E-state index is 13.2. The zero-order chi connectivity index (χ0) is 19.8. The summed E-state index contributed by atoms with van der Waals surface area (Å²) in [6.45, 7) is 4.20. The Morgan fingerprint density at radius 3 is 2.79 bits per heavy atom. The Hall–Kier alpha value is -3.15. The second-order valence-electron chi connectivity index (χ2n) is 7.13. The second-order valence-corrected chi connectivity index (χ2v) is 7.13. The van der Waals surface area contributed by atoms with E-state index < -0.39 is 11.9 Å². The Balaban J connectivity index is 1.71. The number of ether oxygens (including phenoxy) is 1. The van der Waals surface area contributed by atoms with Gasteiger partial charge in [0.1, 0.15) is 5.69 Å². The van der Waals surface area contributed by atoms with Gasteiger partial charge in [-0.2, -0.15) is 0 Å². The number of benzene rings is 1. The highest BCUT2D eigenvalue weighted by Gasteiger charge is 2.38. The van der Waals surface area contributed by atoms with Crippen LogP contribution in [0.4, 0.5) is 0 Å². The molecule has 2 atom stereocenters. The number of Topliss-reactive ketones (excluding diaryl/α,β-unsaturated/α-hetero) is 1. The molecule has 1 aliphatic carbocycles. The normalized spacial score (nSPS) is 18.2. The van der Waals surface area contributed by atoms with Crippen LogP contribution in [0.2, 0.25) is 0 Å².